The molecule has 11 heavy (non-hydrogen) atoms. The minimum Gasteiger partial charge on any atom is -0.395 e. The van der Waals surface area contributed by atoms with E-state index in [0.717, 1.165) is 12.3 Å². The van der Waals surface area contributed by atoms with Crippen molar-refractivity contribution in [3.63, 3.8) is 0 Å². The van der Waals surface area contributed by atoms with Crippen molar-refractivity contribution in [3.05, 3.63) is 0 Å². The fourth-order valence-electron chi connectivity index (χ4n) is 2.81. The summed E-state index contributed by atoms with van der Waals surface area (Å²) >= 11 is 0. The van der Waals surface area contributed by atoms with Crippen LogP contribution in [0.3, 0.4) is 0 Å². The Hall–Kier alpha value is -0.550. The fraction of sp³-hybridized carbons (Fsp3) is 0.889. The number of hydrogen-bond acceptors (Lipinski definition) is 2. The minimum atomic E-state index is -0.344. The SMILES string of the molecule is N#C[C@@]1(CO)C[C@H]2CC[C@@H]1C2. The van der Waals surface area contributed by atoms with E-state index in [1.54, 1.807) is 0 Å². The van der Waals surface area contributed by atoms with E-state index in [4.69, 9.17) is 10.4 Å². The van der Waals surface area contributed by atoms with Crippen LogP contribution in [0.15, 0.2) is 0 Å². The summed E-state index contributed by atoms with van der Waals surface area (Å²) in [4.78, 5) is 0. The quantitative estimate of drug-likeness (QED) is 0.614. The van der Waals surface area contributed by atoms with Crippen LogP contribution in [0.2, 0.25) is 0 Å². The maximum atomic E-state index is 9.12. The van der Waals surface area contributed by atoms with Gasteiger partial charge in [-0.2, -0.15) is 5.26 Å². The lowest BCUT2D eigenvalue weighted by Gasteiger charge is -2.28. The molecule has 0 heterocycles. The van der Waals surface area contributed by atoms with Crippen LogP contribution in [0.4, 0.5) is 0 Å². The maximum absolute atomic E-state index is 9.12. The van der Waals surface area contributed by atoms with Crippen molar-refractivity contribution in [1.82, 2.24) is 0 Å². The highest BCUT2D eigenvalue weighted by Crippen LogP contribution is 2.55. The normalized spacial score (nSPS) is 47.6. The predicted octanol–water partition coefficient (Wildman–Crippen LogP) is 1.31. The highest BCUT2D eigenvalue weighted by atomic mass is 16.3. The summed E-state index contributed by atoms with van der Waals surface area (Å²) in [6.07, 6.45) is 4.59. The summed E-state index contributed by atoms with van der Waals surface area (Å²) in [5, 5.41) is 18.0. The van der Waals surface area contributed by atoms with Gasteiger partial charge in [0.25, 0.3) is 0 Å². The van der Waals surface area contributed by atoms with E-state index in [9.17, 15) is 0 Å². The smallest absolute Gasteiger partial charge is 0.0834 e. The lowest BCUT2D eigenvalue weighted by Crippen LogP contribution is -2.29. The van der Waals surface area contributed by atoms with Crippen molar-refractivity contribution in [2.75, 3.05) is 6.61 Å². The first-order chi connectivity index (χ1) is 5.30. The van der Waals surface area contributed by atoms with Gasteiger partial charge in [0.05, 0.1) is 18.1 Å². The number of aliphatic hydroxyl groups excluding tert-OH is 1. The molecule has 1 N–H and O–H groups in total. The number of nitriles is 1. The van der Waals surface area contributed by atoms with Gasteiger partial charge in [0.1, 0.15) is 0 Å². The monoisotopic (exact) mass is 151 g/mol. The van der Waals surface area contributed by atoms with Gasteiger partial charge >= 0.3 is 0 Å². The molecule has 0 amide bonds. The van der Waals surface area contributed by atoms with Gasteiger partial charge in [-0.05, 0) is 31.1 Å². The first-order valence-corrected chi connectivity index (χ1v) is 4.33. The zero-order chi connectivity index (χ0) is 7.90. The molecule has 0 aromatic rings. The molecule has 2 aliphatic carbocycles. The largest absolute Gasteiger partial charge is 0.395 e. The summed E-state index contributed by atoms with van der Waals surface area (Å²) in [5.74, 6) is 1.24. The van der Waals surface area contributed by atoms with Gasteiger partial charge in [0.15, 0.2) is 0 Å². The van der Waals surface area contributed by atoms with E-state index in [0.29, 0.717) is 5.92 Å². The highest BCUT2D eigenvalue weighted by Gasteiger charge is 2.50. The van der Waals surface area contributed by atoms with E-state index >= 15 is 0 Å². The van der Waals surface area contributed by atoms with Crippen LogP contribution < -0.4 is 0 Å². The molecule has 0 aliphatic heterocycles. The van der Waals surface area contributed by atoms with Gasteiger partial charge in [0, 0.05) is 0 Å². The Bertz CT molecular complexity index is 208. The third-order valence-corrected chi connectivity index (χ3v) is 3.48. The van der Waals surface area contributed by atoms with Crippen molar-refractivity contribution in [2.45, 2.75) is 25.7 Å². The van der Waals surface area contributed by atoms with Crippen molar-refractivity contribution in [2.24, 2.45) is 17.3 Å². The molecule has 0 unspecified atom stereocenters. The molecule has 0 aromatic heterocycles. The van der Waals surface area contributed by atoms with Gasteiger partial charge in [-0.1, -0.05) is 6.42 Å². The van der Waals surface area contributed by atoms with Crippen molar-refractivity contribution in [1.29, 1.82) is 5.26 Å². The standard InChI is InChI=1S/C9H13NO/c10-5-9(6-11)4-7-1-2-8(9)3-7/h7-8,11H,1-4,6H2/t7-,8+,9+/m0/s1. The molecule has 2 heteroatoms. The molecule has 0 saturated heterocycles. The molecule has 2 rings (SSSR count). The summed E-state index contributed by atoms with van der Waals surface area (Å²) in [6, 6.07) is 2.31. The van der Waals surface area contributed by atoms with Crippen LogP contribution in [0.25, 0.3) is 0 Å². The number of rotatable bonds is 1. The molecule has 2 bridgehead atoms. The lowest BCUT2D eigenvalue weighted by molar-refractivity contribution is 0.118. The van der Waals surface area contributed by atoms with Crippen molar-refractivity contribution in [3.8, 4) is 6.07 Å². The molecule has 3 atom stereocenters. The summed E-state index contributed by atoms with van der Waals surface area (Å²) < 4.78 is 0. The van der Waals surface area contributed by atoms with Gasteiger partial charge in [-0.15, -0.1) is 0 Å². The van der Waals surface area contributed by atoms with Gasteiger partial charge < -0.3 is 5.11 Å². The van der Waals surface area contributed by atoms with Crippen LogP contribution in [-0.4, -0.2) is 11.7 Å². The zero-order valence-corrected chi connectivity index (χ0v) is 6.58. The molecular weight excluding hydrogens is 138 g/mol. The van der Waals surface area contributed by atoms with E-state index < -0.39 is 0 Å². The van der Waals surface area contributed by atoms with Crippen LogP contribution in [-0.2, 0) is 0 Å². The van der Waals surface area contributed by atoms with E-state index in [2.05, 4.69) is 6.07 Å². The first-order valence-electron chi connectivity index (χ1n) is 4.33. The number of aliphatic hydroxyl groups is 1. The van der Waals surface area contributed by atoms with Gasteiger partial charge in [0.2, 0.25) is 0 Å². The van der Waals surface area contributed by atoms with Crippen LogP contribution >= 0.6 is 0 Å². The average Bonchev–Trinajstić information content (AvgIpc) is 2.62. The molecule has 0 radical (unpaired) electrons. The van der Waals surface area contributed by atoms with E-state index in [1.165, 1.54) is 19.3 Å². The first kappa shape index (κ1) is 7.12. The number of hydrogen-bond donors (Lipinski definition) is 1. The van der Waals surface area contributed by atoms with E-state index in [-0.39, 0.29) is 12.0 Å². The molecule has 2 fully saturated rings. The van der Waals surface area contributed by atoms with Gasteiger partial charge in [-0.25, -0.2) is 0 Å². The second-order valence-electron chi connectivity index (χ2n) is 4.01. The Labute approximate surface area is 66.8 Å². The van der Waals surface area contributed by atoms with Gasteiger partial charge in [-0.3, -0.25) is 0 Å². The predicted molar refractivity (Wildman–Crippen MR) is 40.6 cm³/mol. The third kappa shape index (κ3) is 0.810. The Balaban J connectivity index is 2.22. The summed E-state index contributed by atoms with van der Waals surface area (Å²) in [5.41, 5.74) is -0.344. The summed E-state index contributed by atoms with van der Waals surface area (Å²) in [7, 11) is 0. The Morgan fingerprint density at radius 2 is 2.36 bits per heavy atom. The molecular formula is C9H13NO. The second-order valence-corrected chi connectivity index (χ2v) is 4.01. The zero-order valence-electron chi connectivity index (χ0n) is 6.58. The highest BCUT2D eigenvalue weighted by molar-refractivity contribution is 5.11. The molecule has 0 spiro atoms. The maximum Gasteiger partial charge on any atom is 0.0834 e. The van der Waals surface area contributed by atoms with Crippen LogP contribution in [0, 0.1) is 28.6 Å². The second kappa shape index (κ2) is 2.22. The fourth-order valence-corrected chi connectivity index (χ4v) is 2.81. The number of nitrogens with zero attached hydrogens (tertiary/aromatic N) is 1. The Morgan fingerprint density at radius 3 is 2.64 bits per heavy atom. The average molecular weight is 151 g/mol. The lowest BCUT2D eigenvalue weighted by atomic mass is 9.75. The topological polar surface area (TPSA) is 44.0 Å². The molecule has 2 nitrogen and oxygen atoms in total. The summed E-state index contributed by atoms with van der Waals surface area (Å²) in [6.45, 7) is 0.0741. The Kier molecular flexibility index (Phi) is 1.43. The molecule has 2 aliphatic rings. The third-order valence-electron chi connectivity index (χ3n) is 3.48. The van der Waals surface area contributed by atoms with Crippen LogP contribution in [0.5, 0.6) is 0 Å². The minimum absolute atomic E-state index is 0.0741. The van der Waals surface area contributed by atoms with Crippen molar-refractivity contribution >= 4 is 0 Å². The molecule has 2 saturated carbocycles. The van der Waals surface area contributed by atoms with Crippen molar-refractivity contribution < 1.29 is 5.11 Å². The molecule has 60 valence electrons. The number of fused-ring (bicyclic) bond motifs is 2. The molecule has 0 aromatic carbocycles. The van der Waals surface area contributed by atoms with Crippen LogP contribution in [0.1, 0.15) is 25.7 Å². The van der Waals surface area contributed by atoms with E-state index in [1.807, 2.05) is 0 Å². The Morgan fingerprint density at radius 1 is 1.55 bits per heavy atom.